The van der Waals surface area contributed by atoms with Crippen molar-refractivity contribution in [1.29, 1.82) is 0 Å². The molecule has 2 atom stereocenters. The summed E-state index contributed by atoms with van der Waals surface area (Å²) in [5.74, 6) is 1.05. The molecule has 2 fully saturated rings. The molecule has 0 saturated heterocycles. The molecule has 4 rings (SSSR count). The predicted octanol–water partition coefficient (Wildman–Crippen LogP) is 1.87. The zero-order valence-corrected chi connectivity index (χ0v) is 15.0. The minimum absolute atomic E-state index is 0.0229. The molecule has 2 aliphatic rings. The van der Waals surface area contributed by atoms with Gasteiger partial charge < -0.3 is 11.1 Å². The first-order chi connectivity index (χ1) is 12.1. The van der Waals surface area contributed by atoms with Crippen LogP contribution < -0.4 is 16.6 Å². The third-order valence-corrected chi connectivity index (χ3v) is 6.56. The van der Waals surface area contributed by atoms with Gasteiger partial charge in [0.2, 0.25) is 5.91 Å². The Morgan fingerprint density at radius 1 is 1.36 bits per heavy atom. The van der Waals surface area contributed by atoms with Crippen LogP contribution in [0, 0.1) is 11.8 Å². The first-order valence-electron chi connectivity index (χ1n) is 9.09. The zero-order valence-electron chi connectivity index (χ0n) is 14.2. The zero-order chi connectivity index (χ0) is 17.4. The van der Waals surface area contributed by atoms with Crippen molar-refractivity contribution < 1.29 is 4.79 Å². The van der Waals surface area contributed by atoms with Crippen LogP contribution in [0.5, 0.6) is 0 Å². The van der Waals surface area contributed by atoms with E-state index >= 15 is 0 Å². The third kappa shape index (κ3) is 3.35. The maximum atomic E-state index is 12.4. The predicted molar refractivity (Wildman–Crippen MR) is 98.5 cm³/mol. The molecule has 2 bridgehead atoms. The van der Waals surface area contributed by atoms with E-state index in [2.05, 4.69) is 10.3 Å². The topological polar surface area (TPSA) is 90.0 Å². The highest BCUT2D eigenvalue weighted by atomic mass is 32.1. The summed E-state index contributed by atoms with van der Waals surface area (Å²) >= 11 is 1.45. The van der Waals surface area contributed by atoms with Crippen molar-refractivity contribution in [3.05, 3.63) is 28.1 Å². The fourth-order valence-corrected chi connectivity index (χ4v) is 5.28. The second kappa shape index (κ2) is 6.88. The molecule has 2 unspecified atom stereocenters. The van der Waals surface area contributed by atoms with E-state index in [1.165, 1.54) is 22.3 Å². The third-order valence-electron chi connectivity index (χ3n) is 5.73. The summed E-state index contributed by atoms with van der Waals surface area (Å²) < 4.78 is 1.53. The minimum Gasteiger partial charge on any atom is -0.353 e. The van der Waals surface area contributed by atoms with Crippen LogP contribution >= 0.6 is 11.3 Å². The van der Waals surface area contributed by atoms with Crippen molar-refractivity contribution in [2.24, 2.45) is 17.6 Å². The Bertz CT molecular complexity index is 816. The van der Waals surface area contributed by atoms with E-state index in [-0.39, 0.29) is 23.6 Å². The van der Waals surface area contributed by atoms with Gasteiger partial charge in [0.05, 0.1) is 11.7 Å². The number of nitrogens with one attached hydrogen (secondary N) is 1. The van der Waals surface area contributed by atoms with Crippen LogP contribution in [0.4, 0.5) is 0 Å². The molecule has 25 heavy (non-hydrogen) atoms. The highest BCUT2D eigenvalue weighted by Gasteiger charge is 2.39. The van der Waals surface area contributed by atoms with Gasteiger partial charge in [-0.1, -0.05) is 6.42 Å². The summed E-state index contributed by atoms with van der Waals surface area (Å²) in [5, 5.41) is 5.73. The second-order valence-corrected chi connectivity index (χ2v) is 8.30. The van der Waals surface area contributed by atoms with Crippen LogP contribution in [0.25, 0.3) is 10.2 Å². The van der Waals surface area contributed by atoms with E-state index in [0.717, 1.165) is 30.5 Å². The van der Waals surface area contributed by atoms with Gasteiger partial charge in [0.25, 0.3) is 5.56 Å². The maximum Gasteiger partial charge on any atom is 0.262 e. The van der Waals surface area contributed by atoms with Crippen LogP contribution in [0.1, 0.15) is 38.5 Å². The van der Waals surface area contributed by atoms with Gasteiger partial charge in [-0.3, -0.25) is 14.2 Å². The van der Waals surface area contributed by atoms with Crippen LogP contribution in [0.2, 0.25) is 0 Å². The molecule has 1 amide bonds. The van der Waals surface area contributed by atoms with Crippen LogP contribution in [0.15, 0.2) is 22.6 Å². The Hall–Kier alpha value is -1.73. The van der Waals surface area contributed by atoms with Gasteiger partial charge in [-0.05, 0) is 49.0 Å². The molecule has 2 aromatic rings. The van der Waals surface area contributed by atoms with E-state index in [4.69, 9.17) is 5.73 Å². The van der Waals surface area contributed by atoms with E-state index in [0.29, 0.717) is 30.2 Å². The Morgan fingerprint density at radius 3 is 2.88 bits per heavy atom. The molecule has 0 aliphatic heterocycles. The van der Waals surface area contributed by atoms with Crippen molar-refractivity contribution >= 4 is 27.5 Å². The summed E-state index contributed by atoms with van der Waals surface area (Å²) in [6, 6.07) is 2.33. The summed E-state index contributed by atoms with van der Waals surface area (Å²) in [6.07, 6.45) is 7.44. The molecule has 7 heteroatoms. The standard InChI is InChI=1S/C18H24N4O2S/c19-13-8-11-2-1-3-12(9-13)16(11)21-15(23)4-6-22-10-20-17-14(18(22)24)5-7-25-17/h5,7,10-13,16H,1-4,6,8-9,19H2,(H,21,23). The highest BCUT2D eigenvalue weighted by Crippen LogP contribution is 2.39. The van der Waals surface area contributed by atoms with Crippen molar-refractivity contribution in [2.45, 2.75) is 57.2 Å². The van der Waals surface area contributed by atoms with Gasteiger partial charge in [-0.25, -0.2) is 4.98 Å². The Morgan fingerprint density at radius 2 is 2.12 bits per heavy atom. The normalized spacial score (nSPS) is 28.8. The van der Waals surface area contributed by atoms with Gasteiger partial charge in [-0.2, -0.15) is 0 Å². The fraction of sp³-hybridized carbons (Fsp3) is 0.611. The molecule has 6 nitrogen and oxygen atoms in total. The van der Waals surface area contributed by atoms with Gasteiger partial charge in [-0.15, -0.1) is 11.3 Å². The number of aromatic nitrogens is 2. The number of carbonyl (C=O) groups excluding carboxylic acids is 1. The molecule has 2 aromatic heterocycles. The lowest BCUT2D eigenvalue weighted by atomic mass is 9.67. The first kappa shape index (κ1) is 16.7. The first-order valence-corrected chi connectivity index (χ1v) is 9.97. The number of thiophene rings is 1. The fourth-order valence-electron chi connectivity index (χ4n) is 4.56. The number of aryl methyl sites for hydroxylation is 1. The second-order valence-electron chi connectivity index (χ2n) is 7.41. The number of amides is 1. The number of fused-ring (bicyclic) bond motifs is 3. The molecule has 3 N–H and O–H groups in total. The summed E-state index contributed by atoms with van der Waals surface area (Å²) in [5.41, 5.74) is 6.08. The number of hydrogen-bond donors (Lipinski definition) is 2. The lowest BCUT2D eigenvalue weighted by Gasteiger charge is -2.45. The largest absolute Gasteiger partial charge is 0.353 e. The lowest BCUT2D eigenvalue weighted by molar-refractivity contribution is -0.123. The Balaban J connectivity index is 1.39. The maximum absolute atomic E-state index is 12.4. The molecule has 2 heterocycles. The van der Waals surface area contributed by atoms with E-state index in [1.54, 1.807) is 12.4 Å². The molecule has 134 valence electrons. The van der Waals surface area contributed by atoms with E-state index in [9.17, 15) is 9.59 Å². The molecular weight excluding hydrogens is 336 g/mol. The highest BCUT2D eigenvalue weighted by molar-refractivity contribution is 7.16. The summed E-state index contributed by atoms with van der Waals surface area (Å²) in [7, 11) is 0. The van der Waals surface area contributed by atoms with Crippen LogP contribution in [-0.4, -0.2) is 27.5 Å². The van der Waals surface area contributed by atoms with Crippen molar-refractivity contribution in [3.63, 3.8) is 0 Å². The summed E-state index contributed by atoms with van der Waals surface area (Å²) in [4.78, 5) is 29.9. The molecule has 2 aliphatic carbocycles. The molecular formula is C18H24N4O2S. The van der Waals surface area contributed by atoms with E-state index < -0.39 is 0 Å². The quantitative estimate of drug-likeness (QED) is 0.871. The van der Waals surface area contributed by atoms with Gasteiger partial charge >= 0.3 is 0 Å². The SMILES string of the molecule is NC1CC2CCCC(C1)C2NC(=O)CCn1cnc2sccc2c1=O. The van der Waals surface area contributed by atoms with Gasteiger partial charge in [0, 0.05) is 25.0 Å². The Kier molecular flexibility index (Phi) is 4.60. The van der Waals surface area contributed by atoms with Crippen molar-refractivity contribution in [3.8, 4) is 0 Å². The number of carbonyl (C=O) groups is 1. The number of hydrogen-bond acceptors (Lipinski definition) is 5. The van der Waals surface area contributed by atoms with Crippen molar-refractivity contribution in [2.75, 3.05) is 0 Å². The van der Waals surface area contributed by atoms with Gasteiger partial charge in [0.15, 0.2) is 0 Å². The van der Waals surface area contributed by atoms with E-state index in [1.807, 2.05) is 5.38 Å². The van der Waals surface area contributed by atoms with Crippen LogP contribution in [-0.2, 0) is 11.3 Å². The molecule has 0 radical (unpaired) electrons. The minimum atomic E-state index is -0.0699. The molecule has 2 saturated carbocycles. The number of rotatable bonds is 4. The molecule has 0 spiro atoms. The van der Waals surface area contributed by atoms with Gasteiger partial charge in [0.1, 0.15) is 4.83 Å². The van der Waals surface area contributed by atoms with Crippen LogP contribution in [0.3, 0.4) is 0 Å². The number of nitrogens with zero attached hydrogens (tertiary/aromatic N) is 2. The van der Waals surface area contributed by atoms with Crippen molar-refractivity contribution in [1.82, 2.24) is 14.9 Å². The molecule has 0 aromatic carbocycles. The summed E-state index contributed by atoms with van der Waals surface area (Å²) in [6.45, 7) is 0.366. The number of nitrogens with two attached hydrogens (primary N) is 1. The monoisotopic (exact) mass is 360 g/mol. The lowest BCUT2D eigenvalue weighted by Crippen LogP contribution is -2.53. The average molecular weight is 360 g/mol. The Labute approximate surface area is 150 Å². The smallest absolute Gasteiger partial charge is 0.262 e. The average Bonchev–Trinajstić information content (AvgIpc) is 3.05.